The number of carbonyl (C=O) groups excluding carboxylic acids is 1. The fourth-order valence-corrected chi connectivity index (χ4v) is 1.43. The van der Waals surface area contributed by atoms with Crippen molar-refractivity contribution in [1.29, 1.82) is 0 Å². The summed E-state index contributed by atoms with van der Waals surface area (Å²) in [5.74, 6) is 4.40. The van der Waals surface area contributed by atoms with Crippen LogP contribution >= 0.6 is 11.3 Å². The highest BCUT2D eigenvalue weighted by Gasteiger charge is 2.11. The van der Waals surface area contributed by atoms with Crippen LogP contribution in [0.15, 0.2) is 11.4 Å². The lowest BCUT2D eigenvalue weighted by Crippen LogP contribution is -2.23. The zero-order chi connectivity index (χ0) is 9.68. The van der Waals surface area contributed by atoms with E-state index in [9.17, 15) is 9.18 Å². The molecule has 0 aromatic carbocycles. The third-order valence-corrected chi connectivity index (χ3v) is 2.23. The van der Waals surface area contributed by atoms with Gasteiger partial charge in [0, 0.05) is 0 Å². The quantitative estimate of drug-likeness (QED) is 0.717. The molecule has 2 nitrogen and oxygen atoms in total. The predicted molar refractivity (Wildman–Crippen MR) is 50.1 cm³/mol. The minimum absolute atomic E-state index is 0.109. The summed E-state index contributed by atoms with van der Waals surface area (Å²) in [6.07, 6.45) is 0. The fourth-order valence-electron chi connectivity index (χ4n) is 0.749. The summed E-state index contributed by atoms with van der Waals surface area (Å²) in [7, 11) is 0. The third kappa shape index (κ3) is 2.56. The van der Waals surface area contributed by atoms with Crippen molar-refractivity contribution in [3.63, 3.8) is 0 Å². The van der Waals surface area contributed by atoms with E-state index in [1.165, 1.54) is 11.4 Å². The second-order valence-corrected chi connectivity index (χ2v) is 3.12. The van der Waals surface area contributed by atoms with Gasteiger partial charge in [0.2, 0.25) is 0 Å². The predicted octanol–water partition coefficient (Wildman–Crippen LogP) is 1.64. The lowest BCUT2D eigenvalue weighted by atomic mass is 10.4. The first kappa shape index (κ1) is 9.75. The molecule has 0 atom stereocenters. The average Bonchev–Trinajstić information content (AvgIpc) is 2.52. The molecule has 1 heterocycles. The number of rotatable bonds is 2. The summed E-state index contributed by atoms with van der Waals surface area (Å²) < 4.78 is 12.8. The molecular formula is C9H8FNOS. The minimum Gasteiger partial charge on any atom is -0.340 e. The van der Waals surface area contributed by atoms with Gasteiger partial charge in [0.15, 0.2) is 0 Å². The lowest BCUT2D eigenvalue weighted by molar-refractivity contribution is 0.0959. The van der Waals surface area contributed by atoms with Gasteiger partial charge in [-0.05, 0) is 18.4 Å². The Kier molecular flexibility index (Phi) is 3.47. The van der Waals surface area contributed by atoms with Gasteiger partial charge < -0.3 is 5.32 Å². The van der Waals surface area contributed by atoms with E-state index in [1.54, 1.807) is 6.92 Å². The normalized spacial score (nSPS) is 8.77. The zero-order valence-electron chi connectivity index (χ0n) is 7.06. The van der Waals surface area contributed by atoms with Crippen molar-refractivity contribution >= 4 is 17.2 Å². The molecule has 1 aromatic rings. The van der Waals surface area contributed by atoms with Crippen LogP contribution in [0.2, 0.25) is 0 Å². The van der Waals surface area contributed by atoms with Crippen molar-refractivity contribution < 1.29 is 9.18 Å². The van der Waals surface area contributed by atoms with Crippen LogP contribution in [-0.2, 0) is 0 Å². The molecule has 0 spiro atoms. The van der Waals surface area contributed by atoms with E-state index in [1.807, 2.05) is 0 Å². The van der Waals surface area contributed by atoms with E-state index in [2.05, 4.69) is 17.2 Å². The van der Waals surface area contributed by atoms with E-state index in [4.69, 9.17) is 0 Å². The van der Waals surface area contributed by atoms with Crippen LogP contribution in [0.5, 0.6) is 0 Å². The van der Waals surface area contributed by atoms with Crippen molar-refractivity contribution in [2.24, 2.45) is 0 Å². The van der Waals surface area contributed by atoms with Gasteiger partial charge >= 0.3 is 0 Å². The maximum atomic E-state index is 12.8. The molecule has 1 rings (SSSR count). The molecule has 0 radical (unpaired) electrons. The van der Waals surface area contributed by atoms with E-state index >= 15 is 0 Å². The third-order valence-electron chi connectivity index (χ3n) is 1.34. The molecule has 1 N–H and O–H groups in total. The number of thiophene rings is 1. The maximum Gasteiger partial charge on any atom is 0.265 e. The van der Waals surface area contributed by atoms with Crippen LogP contribution in [-0.4, -0.2) is 12.5 Å². The molecule has 0 aliphatic heterocycles. The van der Waals surface area contributed by atoms with Crippen LogP contribution in [0.1, 0.15) is 16.6 Å². The lowest BCUT2D eigenvalue weighted by Gasteiger charge is -1.97. The van der Waals surface area contributed by atoms with Crippen LogP contribution in [0.3, 0.4) is 0 Å². The Balaban J connectivity index is 2.57. The van der Waals surface area contributed by atoms with Crippen molar-refractivity contribution in [3.8, 4) is 11.8 Å². The average molecular weight is 197 g/mol. The number of hydrogen-bond acceptors (Lipinski definition) is 2. The van der Waals surface area contributed by atoms with E-state index in [0.717, 1.165) is 11.3 Å². The molecule has 0 saturated heterocycles. The summed E-state index contributed by atoms with van der Waals surface area (Å²) in [5, 5.41) is 4.02. The Morgan fingerprint density at radius 2 is 2.54 bits per heavy atom. The first-order valence-corrected chi connectivity index (χ1v) is 4.54. The van der Waals surface area contributed by atoms with E-state index in [-0.39, 0.29) is 11.4 Å². The molecule has 0 bridgehead atoms. The molecule has 4 heteroatoms. The Morgan fingerprint density at radius 3 is 3.08 bits per heavy atom. The molecule has 1 amide bonds. The van der Waals surface area contributed by atoms with Crippen molar-refractivity contribution in [1.82, 2.24) is 5.32 Å². The van der Waals surface area contributed by atoms with Crippen LogP contribution in [0.25, 0.3) is 0 Å². The Hall–Kier alpha value is -1.34. The minimum atomic E-state index is -0.480. The molecule has 13 heavy (non-hydrogen) atoms. The summed E-state index contributed by atoms with van der Waals surface area (Å²) in [6, 6.07) is 1.27. The highest BCUT2D eigenvalue weighted by atomic mass is 32.1. The molecule has 0 unspecified atom stereocenters. The van der Waals surface area contributed by atoms with Gasteiger partial charge in [0.1, 0.15) is 10.7 Å². The first-order chi connectivity index (χ1) is 6.25. The fraction of sp³-hybridized carbons (Fsp3) is 0.222. The standard InChI is InChI=1S/C9H8FNOS/c1-2-3-5-11-9(12)8-7(10)4-6-13-8/h4,6H,5H2,1H3,(H,11,12). The summed E-state index contributed by atoms with van der Waals surface area (Å²) in [4.78, 5) is 11.3. The molecule has 0 fully saturated rings. The smallest absolute Gasteiger partial charge is 0.265 e. The highest BCUT2D eigenvalue weighted by molar-refractivity contribution is 7.12. The van der Waals surface area contributed by atoms with Gasteiger partial charge in [-0.25, -0.2) is 4.39 Å². The highest BCUT2D eigenvalue weighted by Crippen LogP contribution is 2.13. The zero-order valence-corrected chi connectivity index (χ0v) is 7.87. The molecule has 0 aliphatic rings. The Labute approximate surface area is 79.8 Å². The second kappa shape index (κ2) is 4.63. The van der Waals surface area contributed by atoms with Gasteiger partial charge in [-0.15, -0.1) is 17.3 Å². The molecule has 0 aliphatic carbocycles. The van der Waals surface area contributed by atoms with E-state index in [0.29, 0.717) is 0 Å². The van der Waals surface area contributed by atoms with Gasteiger partial charge in [0.05, 0.1) is 6.54 Å². The van der Waals surface area contributed by atoms with Gasteiger partial charge in [-0.2, -0.15) is 0 Å². The van der Waals surface area contributed by atoms with Crippen LogP contribution in [0.4, 0.5) is 4.39 Å². The SMILES string of the molecule is CC#CCNC(=O)c1sccc1F. The Morgan fingerprint density at radius 1 is 1.77 bits per heavy atom. The van der Waals surface area contributed by atoms with Crippen molar-refractivity contribution in [3.05, 3.63) is 22.1 Å². The molecular weight excluding hydrogens is 189 g/mol. The van der Waals surface area contributed by atoms with Crippen LogP contribution in [0, 0.1) is 17.7 Å². The number of carbonyl (C=O) groups is 1. The molecule has 0 saturated carbocycles. The van der Waals surface area contributed by atoms with Gasteiger partial charge in [0.25, 0.3) is 5.91 Å². The van der Waals surface area contributed by atoms with E-state index < -0.39 is 11.7 Å². The number of nitrogens with one attached hydrogen (secondary N) is 1. The van der Waals surface area contributed by atoms with Gasteiger partial charge in [-0.3, -0.25) is 4.79 Å². The number of amides is 1. The van der Waals surface area contributed by atoms with Crippen molar-refractivity contribution in [2.45, 2.75) is 6.92 Å². The topological polar surface area (TPSA) is 29.1 Å². The van der Waals surface area contributed by atoms with Crippen molar-refractivity contribution in [2.75, 3.05) is 6.54 Å². The molecule has 68 valence electrons. The summed E-state index contributed by atoms with van der Waals surface area (Å²) in [6.45, 7) is 1.94. The summed E-state index contributed by atoms with van der Waals surface area (Å²) >= 11 is 1.08. The number of halogens is 1. The Bertz CT molecular complexity index is 361. The molecule has 1 aromatic heterocycles. The number of hydrogen-bond donors (Lipinski definition) is 1. The first-order valence-electron chi connectivity index (χ1n) is 3.66. The van der Waals surface area contributed by atoms with Crippen LogP contribution < -0.4 is 5.32 Å². The van der Waals surface area contributed by atoms with Gasteiger partial charge in [-0.1, -0.05) is 5.92 Å². The maximum absolute atomic E-state index is 12.8. The second-order valence-electron chi connectivity index (χ2n) is 2.21. The summed E-state index contributed by atoms with van der Waals surface area (Å²) in [5.41, 5.74) is 0. The monoisotopic (exact) mass is 197 g/mol. The largest absolute Gasteiger partial charge is 0.340 e.